The number of rotatable bonds is 4. The Bertz CT molecular complexity index is 740. The van der Waals surface area contributed by atoms with Crippen LogP contribution in [0.4, 0.5) is 5.69 Å². The Balaban J connectivity index is 1.91. The molecule has 3 aromatic rings. The Morgan fingerprint density at radius 3 is 2.52 bits per heavy atom. The number of nitrogens with one attached hydrogen (secondary N) is 1. The van der Waals surface area contributed by atoms with Crippen molar-refractivity contribution >= 4 is 16.5 Å². The highest BCUT2D eigenvalue weighted by Gasteiger charge is 2.09. The Hall–Kier alpha value is -2.28. The fraction of sp³-hybridized carbons (Fsp3) is 0.200. The zero-order chi connectivity index (χ0) is 14.7. The molecule has 0 heterocycles. The Kier molecular flexibility index (Phi) is 3.92. The van der Waals surface area contributed by atoms with Gasteiger partial charge in [0.1, 0.15) is 0 Å². The fourth-order valence-corrected chi connectivity index (χ4v) is 2.84. The van der Waals surface area contributed by atoms with Gasteiger partial charge in [-0.2, -0.15) is 0 Å². The molecular weight excluding hydrogens is 254 g/mol. The lowest BCUT2D eigenvalue weighted by molar-refractivity contribution is 0.893. The summed E-state index contributed by atoms with van der Waals surface area (Å²) in [4.78, 5) is 0. The predicted molar refractivity (Wildman–Crippen MR) is 91.8 cm³/mol. The molecule has 1 unspecified atom stereocenters. The zero-order valence-electron chi connectivity index (χ0n) is 12.6. The third kappa shape index (κ3) is 2.92. The van der Waals surface area contributed by atoms with E-state index < -0.39 is 0 Å². The number of fused-ring (bicyclic) bond motifs is 1. The van der Waals surface area contributed by atoms with Crippen molar-refractivity contribution in [3.05, 3.63) is 77.9 Å². The minimum Gasteiger partial charge on any atom is -0.378 e. The second kappa shape index (κ2) is 6.01. The lowest BCUT2D eigenvalue weighted by atomic mass is 9.99. The molecule has 0 amide bonds. The molecule has 0 aliphatic carbocycles. The number of benzene rings is 3. The summed E-state index contributed by atoms with van der Waals surface area (Å²) in [6, 6.07) is 24.0. The van der Waals surface area contributed by atoms with Crippen LogP contribution in [-0.2, 0) is 6.42 Å². The molecule has 1 N–H and O–H groups in total. The number of aryl methyl sites for hydroxylation is 1. The quantitative estimate of drug-likeness (QED) is 0.656. The molecule has 21 heavy (non-hydrogen) atoms. The van der Waals surface area contributed by atoms with Gasteiger partial charge in [-0.1, -0.05) is 61.5 Å². The summed E-state index contributed by atoms with van der Waals surface area (Å²) >= 11 is 0. The van der Waals surface area contributed by atoms with E-state index in [1.165, 1.54) is 27.6 Å². The van der Waals surface area contributed by atoms with Crippen LogP contribution < -0.4 is 5.32 Å². The number of hydrogen-bond acceptors (Lipinski definition) is 1. The SMILES string of the molecule is CCc1cccc(NC(C)c2cccc3ccccc23)c1. The lowest BCUT2D eigenvalue weighted by Gasteiger charge is -2.18. The molecule has 0 aliphatic rings. The van der Waals surface area contributed by atoms with Crippen LogP contribution in [0.3, 0.4) is 0 Å². The van der Waals surface area contributed by atoms with Crippen molar-refractivity contribution in [2.75, 3.05) is 5.32 Å². The molecule has 0 aromatic heterocycles. The number of anilines is 1. The van der Waals surface area contributed by atoms with Gasteiger partial charge in [-0.25, -0.2) is 0 Å². The smallest absolute Gasteiger partial charge is 0.0491 e. The van der Waals surface area contributed by atoms with Gasteiger partial charge in [-0.15, -0.1) is 0 Å². The molecule has 0 saturated carbocycles. The van der Waals surface area contributed by atoms with E-state index in [1.807, 2.05) is 0 Å². The monoisotopic (exact) mass is 275 g/mol. The van der Waals surface area contributed by atoms with Gasteiger partial charge in [0, 0.05) is 11.7 Å². The van der Waals surface area contributed by atoms with Gasteiger partial charge in [0.05, 0.1) is 0 Å². The summed E-state index contributed by atoms with van der Waals surface area (Å²) in [6.45, 7) is 4.41. The first-order chi connectivity index (χ1) is 10.3. The van der Waals surface area contributed by atoms with Crippen molar-refractivity contribution in [3.8, 4) is 0 Å². The summed E-state index contributed by atoms with van der Waals surface area (Å²) in [5.41, 5.74) is 3.90. The van der Waals surface area contributed by atoms with E-state index in [0.717, 1.165) is 6.42 Å². The highest BCUT2D eigenvalue weighted by Crippen LogP contribution is 2.27. The van der Waals surface area contributed by atoms with Gasteiger partial charge in [-0.3, -0.25) is 0 Å². The van der Waals surface area contributed by atoms with Crippen molar-refractivity contribution < 1.29 is 0 Å². The molecule has 0 fully saturated rings. The van der Waals surface area contributed by atoms with E-state index in [9.17, 15) is 0 Å². The number of hydrogen-bond donors (Lipinski definition) is 1. The van der Waals surface area contributed by atoms with Crippen molar-refractivity contribution in [1.82, 2.24) is 0 Å². The van der Waals surface area contributed by atoms with Crippen LogP contribution in [0.15, 0.2) is 66.7 Å². The van der Waals surface area contributed by atoms with Crippen LogP contribution in [0, 0.1) is 0 Å². The Morgan fingerprint density at radius 1 is 0.905 bits per heavy atom. The Labute approximate surface area is 126 Å². The van der Waals surface area contributed by atoms with Crippen LogP contribution in [0.25, 0.3) is 10.8 Å². The highest BCUT2D eigenvalue weighted by molar-refractivity contribution is 5.86. The summed E-state index contributed by atoms with van der Waals surface area (Å²) in [7, 11) is 0. The van der Waals surface area contributed by atoms with Gasteiger partial charge in [-0.05, 0) is 47.4 Å². The van der Waals surface area contributed by atoms with Crippen LogP contribution in [-0.4, -0.2) is 0 Å². The molecular formula is C20H21N. The standard InChI is InChI=1S/C20H21N/c1-3-16-8-6-11-18(14-16)21-15(2)19-13-7-10-17-9-4-5-12-20(17)19/h4-15,21H,3H2,1-2H3. The van der Waals surface area contributed by atoms with Crippen LogP contribution in [0.1, 0.15) is 31.0 Å². The van der Waals surface area contributed by atoms with Crippen LogP contribution in [0.5, 0.6) is 0 Å². The molecule has 0 spiro atoms. The average Bonchev–Trinajstić information content (AvgIpc) is 2.54. The molecule has 3 rings (SSSR count). The Morgan fingerprint density at radius 2 is 1.67 bits per heavy atom. The molecule has 0 saturated heterocycles. The molecule has 106 valence electrons. The largest absolute Gasteiger partial charge is 0.378 e. The molecule has 0 bridgehead atoms. The van der Waals surface area contributed by atoms with Gasteiger partial charge in [0.15, 0.2) is 0 Å². The van der Waals surface area contributed by atoms with Crippen molar-refractivity contribution in [1.29, 1.82) is 0 Å². The highest BCUT2D eigenvalue weighted by atomic mass is 14.9. The van der Waals surface area contributed by atoms with E-state index in [0.29, 0.717) is 0 Å². The van der Waals surface area contributed by atoms with Gasteiger partial charge in [0.2, 0.25) is 0 Å². The second-order valence-corrected chi connectivity index (χ2v) is 5.49. The van der Waals surface area contributed by atoms with Crippen molar-refractivity contribution in [3.63, 3.8) is 0 Å². The summed E-state index contributed by atoms with van der Waals surface area (Å²) < 4.78 is 0. The topological polar surface area (TPSA) is 12.0 Å². The first-order valence-corrected chi connectivity index (χ1v) is 7.61. The molecule has 1 atom stereocenters. The van der Waals surface area contributed by atoms with Gasteiger partial charge in [0.25, 0.3) is 0 Å². The summed E-state index contributed by atoms with van der Waals surface area (Å²) in [5.74, 6) is 0. The molecule has 3 aromatic carbocycles. The minimum absolute atomic E-state index is 0.281. The predicted octanol–water partition coefficient (Wildman–Crippen LogP) is 5.58. The van der Waals surface area contributed by atoms with Gasteiger partial charge >= 0.3 is 0 Å². The maximum Gasteiger partial charge on any atom is 0.0491 e. The maximum atomic E-state index is 3.63. The van der Waals surface area contributed by atoms with E-state index in [2.05, 4.69) is 85.9 Å². The molecule has 1 nitrogen and oxygen atoms in total. The van der Waals surface area contributed by atoms with Gasteiger partial charge < -0.3 is 5.32 Å². The van der Waals surface area contributed by atoms with Crippen LogP contribution >= 0.6 is 0 Å². The van der Waals surface area contributed by atoms with E-state index >= 15 is 0 Å². The maximum absolute atomic E-state index is 3.63. The first kappa shape index (κ1) is 13.7. The summed E-state index contributed by atoms with van der Waals surface area (Å²) in [6.07, 6.45) is 1.07. The minimum atomic E-state index is 0.281. The third-order valence-corrected chi connectivity index (χ3v) is 4.01. The second-order valence-electron chi connectivity index (χ2n) is 5.49. The van der Waals surface area contributed by atoms with Crippen molar-refractivity contribution in [2.45, 2.75) is 26.3 Å². The average molecular weight is 275 g/mol. The third-order valence-electron chi connectivity index (χ3n) is 4.01. The van der Waals surface area contributed by atoms with E-state index in [1.54, 1.807) is 0 Å². The van der Waals surface area contributed by atoms with E-state index in [-0.39, 0.29) is 6.04 Å². The normalized spacial score (nSPS) is 12.3. The van der Waals surface area contributed by atoms with Crippen molar-refractivity contribution in [2.24, 2.45) is 0 Å². The molecule has 0 radical (unpaired) electrons. The van der Waals surface area contributed by atoms with E-state index in [4.69, 9.17) is 0 Å². The zero-order valence-corrected chi connectivity index (χ0v) is 12.6. The lowest BCUT2D eigenvalue weighted by Crippen LogP contribution is -2.07. The first-order valence-electron chi connectivity index (χ1n) is 7.61. The van der Waals surface area contributed by atoms with Crippen LogP contribution in [0.2, 0.25) is 0 Å². The fourth-order valence-electron chi connectivity index (χ4n) is 2.84. The summed E-state index contributed by atoms with van der Waals surface area (Å²) in [5, 5.41) is 6.25. The molecule has 1 heteroatoms. The molecule has 0 aliphatic heterocycles.